The van der Waals surface area contributed by atoms with Crippen molar-refractivity contribution in [2.75, 3.05) is 92.4 Å². The lowest BCUT2D eigenvalue weighted by Gasteiger charge is -2.13. The van der Waals surface area contributed by atoms with Gasteiger partial charge in [0.25, 0.3) is 5.91 Å². The summed E-state index contributed by atoms with van der Waals surface area (Å²) in [4.78, 5) is 13.1. The zero-order valence-corrected chi connectivity index (χ0v) is 34.0. The summed E-state index contributed by atoms with van der Waals surface area (Å²) < 4.78 is 39.4. The number of carbonyl (C=O) groups excluding carboxylic acids is 1. The van der Waals surface area contributed by atoms with E-state index in [9.17, 15) is 4.79 Å². The number of aliphatic hydroxyl groups excluding tert-OH is 1. The molecule has 0 aromatic heterocycles. The molecule has 0 unspecified atom stereocenters. The third-order valence-electron chi connectivity index (χ3n) is 8.93. The van der Waals surface area contributed by atoms with Gasteiger partial charge in [0.05, 0.1) is 85.9 Å². The van der Waals surface area contributed by atoms with Gasteiger partial charge in [-0.05, 0) is 25.0 Å². The van der Waals surface area contributed by atoms with Crippen molar-refractivity contribution in [1.29, 1.82) is 0 Å². The number of unbranched alkanes of at least 4 members (excludes halogenated alkanes) is 18. The van der Waals surface area contributed by atoms with Crippen LogP contribution < -0.4 is 14.8 Å². The van der Waals surface area contributed by atoms with Gasteiger partial charge in [0.1, 0.15) is 11.5 Å². The summed E-state index contributed by atoms with van der Waals surface area (Å²) >= 11 is 0. The number of nitrogens with one attached hydrogen (secondary N) is 1. The fourth-order valence-electron chi connectivity index (χ4n) is 5.81. The fraction of sp³-hybridized carbons (Fsp3) is 0.837. The van der Waals surface area contributed by atoms with Gasteiger partial charge < -0.3 is 43.6 Å². The molecule has 1 amide bonds. The van der Waals surface area contributed by atoms with Gasteiger partial charge in [-0.15, -0.1) is 0 Å². The standard InChI is InChI=1S/C43H79NO9/c1-3-5-7-9-11-13-15-17-19-21-25-52-41-37-40(38-42(39-41)53-26-22-20-18-16-14-12-10-8-6-4-2)43(46)44-23-27-47-29-31-49-33-35-51-36-34-50-32-30-48-28-24-45/h37-39,45H,3-36H2,1-2H3,(H,44,46). The number of amides is 1. The summed E-state index contributed by atoms with van der Waals surface area (Å²) in [5, 5.41) is 11.6. The molecule has 0 aliphatic rings. The third-order valence-corrected chi connectivity index (χ3v) is 8.93. The predicted molar refractivity (Wildman–Crippen MR) is 215 cm³/mol. The molecule has 0 fully saturated rings. The quantitative estimate of drug-likeness (QED) is 0.0632. The molecule has 10 heteroatoms. The van der Waals surface area contributed by atoms with Crippen LogP contribution in [0.1, 0.15) is 153 Å². The molecule has 10 nitrogen and oxygen atoms in total. The van der Waals surface area contributed by atoms with E-state index in [-0.39, 0.29) is 12.5 Å². The Hall–Kier alpha value is -1.95. The SMILES string of the molecule is CCCCCCCCCCCCOc1cc(OCCCCCCCCCCCC)cc(C(=O)NCCOCCOCCOCCOCCOCCO)c1. The topological polar surface area (TPSA) is 114 Å². The maximum atomic E-state index is 13.1. The first-order valence-electron chi connectivity index (χ1n) is 21.4. The first-order valence-corrected chi connectivity index (χ1v) is 21.4. The van der Waals surface area contributed by atoms with Gasteiger partial charge >= 0.3 is 0 Å². The van der Waals surface area contributed by atoms with Crippen LogP contribution >= 0.6 is 0 Å². The van der Waals surface area contributed by atoms with E-state index < -0.39 is 0 Å². The number of benzene rings is 1. The smallest absolute Gasteiger partial charge is 0.251 e. The highest BCUT2D eigenvalue weighted by Gasteiger charge is 2.11. The zero-order valence-electron chi connectivity index (χ0n) is 34.0. The lowest BCUT2D eigenvalue weighted by molar-refractivity contribution is -0.0130. The van der Waals surface area contributed by atoms with E-state index in [1.54, 1.807) is 0 Å². The van der Waals surface area contributed by atoms with Crippen molar-refractivity contribution in [3.63, 3.8) is 0 Å². The van der Waals surface area contributed by atoms with Crippen LogP contribution in [0.3, 0.4) is 0 Å². The van der Waals surface area contributed by atoms with Gasteiger partial charge in [0.15, 0.2) is 0 Å². The van der Waals surface area contributed by atoms with Crippen LogP contribution in [0.2, 0.25) is 0 Å². The molecule has 0 atom stereocenters. The second-order valence-electron chi connectivity index (χ2n) is 13.8. The fourth-order valence-corrected chi connectivity index (χ4v) is 5.81. The van der Waals surface area contributed by atoms with Crippen LogP contribution in [-0.4, -0.2) is 103 Å². The Morgan fingerprint density at radius 2 is 0.792 bits per heavy atom. The Morgan fingerprint density at radius 3 is 1.17 bits per heavy atom. The van der Waals surface area contributed by atoms with Crippen LogP contribution in [0.4, 0.5) is 0 Å². The molecule has 0 saturated heterocycles. The largest absolute Gasteiger partial charge is 0.493 e. The van der Waals surface area contributed by atoms with Crippen molar-refractivity contribution >= 4 is 5.91 Å². The molecule has 2 N–H and O–H groups in total. The minimum atomic E-state index is -0.170. The highest BCUT2D eigenvalue weighted by molar-refractivity contribution is 5.95. The molecule has 310 valence electrons. The number of hydrogen-bond donors (Lipinski definition) is 2. The van der Waals surface area contributed by atoms with Crippen LogP contribution in [-0.2, 0) is 23.7 Å². The maximum Gasteiger partial charge on any atom is 0.251 e. The number of rotatable bonds is 42. The van der Waals surface area contributed by atoms with Crippen molar-refractivity contribution < 1.29 is 43.1 Å². The molecule has 0 spiro atoms. The Balaban J connectivity index is 2.32. The van der Waals surface area contributed by atoms with Crippen molar-refractivity contribution in [1.82, 2.24) is 5.32 Å². The van der Waals surface area contributed by atoms with Gasteiger partial charge in [-0.2, -0.15) is 0 Å². The molecule has 1 aromatic rings. The summed E-state index contributed by atoms with van der Waals surface area (Å²) in [5.41, 5.74) is 0.535. The van der Waals surface area contributed by atoms with Gasteiger partial charge in [0.2, 0.25) is 0 Å². The van der Waals surface area contributed by atoms with Crippen LogP contribution in [0.5, 0.6) is 11.5 Å². The van der Waals surface area contributed by atoms with E-state index in [0.29, 0.717) is 103 Å². The van der Waals surface area contributed by atoms with Gasteiger partial charge in [0, 0.05) is 18.2 Å². The molecule has 1 aromatic carbocycles. The van der Waals surface area contributed by atoms with E-state index in [2.05, 4.69) is 19.2 Å². The van der Waals surface area contributed by atoms with Crippen LogP contribution in [0, 0.1) is 0 Å². The molecule has 0 radical (unpaired) electrons. The molecular weight excluding hydrogens is 674 g/mol. The number of ether oxygens (including phenoxy) is 7. The number of aliphatic hydroxyl groups is 1. The molecule has 0 bridgehead atoms. The highest BCUT2D eigenvalue weighted by atomic mass is 16.6. The summed E-state index contributed by atoms with van der Waals surface area (Å²) in [6.45, 7) is 10.7. The summed E-state index contributed by atoms with van der Waals surface area (Å²) in [5.74, 6) is 1.19. The first-order chi connectivity index (χ1) is 26.2. The summed E-state index contributed by atoms with van der Waals surface area (Å²) in [7, 11) is 0. The minimum absolute atomic E-state index is 0.0198. The molecule has 0 heterocycles. The van der Waals surface area contributed by atoms with E-state index in [1.165, 1.54) is 103 Å². The molecule has 0 saturated carbocycles. The monoisotopic (exact) mass is 754 g/mol. The Kier molecular flexibility index (Phi) is 36.8. The summed E-state index contributed by atoms with van der Waals surface area (Å²) in [6, 6.07) is 5.55. The normalized spacial score (nSPS) is 11.3. The van der Waals surface area contributed by atoms with Gasteiger partial charge in [-0.1, -0.05) is 129 Å². The zero-order chi connectivity index (χ0) is 38.1. The first kappa shape index (κ1) is 49.1. The molecule has 0 aliphatic heterocycles. The molecule has 1 rings (SSSR count). The van der Waals surface area contributed by atoms with Crippen molar-refractivity contribution in [3.05, 3.63) is 23.8 Å². The second-order valence-corrected chi connectivity index (χ2v) is 13.8. The van der Waals surface area contributed by atoms with E-state index >= 15 is 0 Å². The van der Waals surface area contributed by atoms with Gasteiger partial charge in [-0.25, -0.2) is 0 Å². The van der Waals surface area contributed by atoms with E-state index in [1.807, 2.05) is 18.2 Å². The van der Waals surface area contributed by atoms with Crippen molar-refractivity contribution in [2.45, 2.75) is 142 Å². The minimum Gasteiger partial charge on any atom is -0.493 e. The Labute approximate surface area is 323 Å². The molecule has 53 heavy (non-hydrogen) atoms. The van der Waals surface area contributed by atoms with E-state index in [4.69, 9.17) is 38.3 Å². The predicted octanol–water partition coefficient (Wildman–Crippen LogP) is 9.09. The van der Waals surface area contributed by atoms with E-state index in [0.717, 1.165) is 25.7 Å². The number of carbonyl (C=O) groups is 1. The highest BCUT2D eigenvalue weighted by Crippen LogP contribution is 2.24. The second kappa shape index (κ2) is 39.7. The maximum absolute atomic E-state index is 13.1. The molecular formula is C43H79NO9. The average molecular weight is 754 g/mol. The third kappa shape index (κ3) is 33.1. The average Bonchev–Trinajstić information content (AvgIpc) is 3.17. The summed E-state index contributed by atoms with van der Waals surface area (Å²) in [6.07, 6.45) is 25.6. The Bertz CT molecular complexity index is 875. The van der Waals surface area contributed by atoms with Gasteiger partial charge in [-0.3, -0.25) is 4.79 Å². The van der Waals surface area contributed by atoms with Crippen molar-refractivity contribution in [2.24, 2.45) is 0 Å². The molecule has 0 aliphatic carbocycles. The van der Waals surface area contributed by atoms with Crippen LogP contribution in [0.15, 0.2) is 18.2 Å². The Morgan fingerprint density at radius 1 is 0.453 bits per heavy atom. The lowest BCUT2D eigenvalue weighted by Crippen LogP contribution is -2.27. The number of hydrogen-bond acceptors (Lipinski definition) is 9. The lowest BCUT2D eigenvalue weighted by atomic mass is 10.1. The van der Waals surface area contributed by atoms with Crippen molar-refractivity contribution in [3.8, 4) is 11.5 Å². The van der Waals surface area contributed by atoms with Crippen LogP contribution in [0.25, 0.3) is 0 Å².